The Morgan fingerprint density at radius 1 is 1.19 bits per heavy atom. The molecule has 3 nitrogen and oxygen atoms in total. The first-order valence-corrected chi connectivity index (χ1v) is 6.01. The molecule has 0 saturated heterocycles. The van der Waals surface area contributed by atoms with Crippen LogP contribution in [0, 0.1) is 10.8 Å². The van der Waals surface area contributed by atoms with Gasteiger partial charge in [0.25, 0.3) is 0 Å². The summed E-state index contributed by atoms with van der Waals surface area (Å²) < 4.78 is 5.58. The fourth-order valence-electron chi connectivity index (χ4n) is 3.96. The fraction of sp³-hybridized carbons (Fsp3) is 0.923. The van der Waals surface area contributed by atoms with Gasteiger partial charge < -0.3 is 9.64 Å². The molecule has 0 radical (unpaired) electrons. The predicted molar refractivity (Wildman–Crippen MR) is 65.2 cm³/mol. The van der Waals surface area contributed by atoms with E-state index in [9.17, 15) is 4.79 Å². The molecule has 0 aromatic rings. The van der Waals surface area contributed by atoms with Gasteiger partial charge in [-0.3, -0.25) is 4.79 Å². The average molecular weight is 227 g/mol. The molecule has 0 amide bonds. The molecule has 0 aromatic heterocycles. The smallest absolute Gasteiger partial charge is 0.305 e. The largest absolute Gasteiger partial charge is 0.461 e. The van der Waals surface area contributed by atoms with E-state index >= 15 is 0 Å². The van der Waals surface area contributed by atoms with Gasteiger partial charge in [0, 0.05) is 23.3 Å². The zero-order valence-electron chi connectivity index (χ0n) is 11.6. The first-order chi connectivity index (χ1) is 7.15. The third-order valence-corrected chi connectivity index (χ3v) is 3.82. The maximum absolute atomic E-state index is 11.4. The first-order valence-electron chi connectivity index (χ1n) is 6.01. The summed E-state index contributed by atoms with van der Waals surface area (Å²) in [5.41, 5.74) is 0.0513. The van der Waals surface area contributed by atoms with Crippen molar-refractivity contribution in [2.75, 3.05) is 14.1 Å². The van der Waals surface area contributed by atoms with Gasteiger partial charge in [-0.1, -0.05) is 34.6 Å². The van der Waals surface area contributed by atoms with E-state index in [1.807, 2.05) is 6.92 Å². The third-order valence-electron chi connectivity index (χ3n) is 3.82. The summed E-state index contributed by atoms with van der Waals surface area (Å²) in [5.74, 6) is -0.0941. The van der Waals surface area contributed by atoms with Gasteiger partial charge in [0.2, 0.25) is 0 Å². The van der Waals surface area contributed by atoms with Crippen molar-refractivity contribution < 1.29 is 9.53 Å². The molecule has 0 unspecified atom stereocenters. The molecule has 3 heteroatoms. The predicted octanol–water partition coefficient (Wildman–Crippen LogP) is 2.30. The van der Waals surface area contributed by atoms with E-state index < -0.39 is 0 Å². The summed E-state index contributed by atoms with van der Waals surface area (Å²) in [6.07, 6.45) is 0.467. The van der Waals surface area contributed by atoms with Crippen LogP contribution >= 0.6 is 0 Å². The van der Waals surface area contributed by atoms with Crippen molar-refractivity contribution in [3.63, 3.8) is 0 Å². The summed E-state index contributed by atoms with van der Waals surface area (Å²) in [6.45, 7) is 10.5. The van der Waals surface area contributed by atoms with Gasteiger partial charge in [0.15, 0.2) is 0 Å². The molecular formula is C13H25NO2. The highest BCUT2D eigenvalue weighted by Gasteiger charge is 2.64. The van der Waals surface area contributed by atoms with Crippen molar-refractivity contribution in [1.29, 1.82) is 0 Å². The van der Waals surface area contributed by atoms with Crippen molar-refractivity contribution in [2.24, 2.45) is 10.8 Å². The van der Waals surface area contributed by atoms with Crippen molar-refractivity contribution in [2.45, 2.75) is 53.2 Å². The van der Waals surface area contributed by atoms with Crippen LogP contribution in [0.5, 0.6) is 0 Å². The summed E-state index contributed by atoms with van der Waals surface area (Å²) in [6, 6.07) is 0.439. The maximum atomic E-state index is 11.4. The molecule has 1 aliphatic carbocycles. The second kappa shape index (κ2) is 4.02. The van der Waals surface area contributed by atoms with Gasteiger partial charge in [-0.05, 0) is 14.1 Å². The standard InChI is InChI=1S/C13H25NO2/c1-8-9(15)16-11-12(2,3)10(14(6)7)13(11,4)5/h10-11H,8H2,1-7H3. The minimum Gasteiger partial charge on any atom is -0.461 e. The molecule has 1 aliphatic rings. The lowest BCUT2D eigenvalue weighted by molar-refractivity contribution is -0.233. The molecule has 0 N–H and O–H groups in total. The molecular weight excluding hydrogens is 202 g/mol. The van der Waals surface area contributed by atoms with E-state index in [-0.39, 0.29) is 22.9 Å². The van der Waals surface area contributed by atoms with Crippen LogP contribution in [-0.2, 0) is 9.53 Å². The second-order valence-corrected chi connectivity index (χ2v) is 6.23. The van der Waals surface area contributed by atoms with Crippen LogP contribution in [0.1, 0.15) is 41.0 Å². The molecule has 0 aliphatic heterocycles. The van der Waals surface area contributed by atoms with Crippen molar-refractivity contribution in [3.05, 3.63) is 0 Å². The van der Waals surface area contributed by atoms with E-state index in [1.54, 1.807) is 0 Å². The minimum absolute atomic E-state index is 0.0137. The summed E-state index contributed by atoms with van der Waals surface area (Å²) in [5, 5.41) is 0. The Bertz CT molecular complexity index is 266. The third kappa shape index (κ3) is 1.86. The highest BCUT2D eigenvalue weighted by atomic mass is 16.5. The molecule has 0 atom stereocenters. The molecule has 0 heterocycles. The Balaban J connectivity index is 2.85. The summed E-state index contributed by atoms with van der Waals surface area (Å²) in [4.78, 5) is 13.7. The van der Waals surface area contributed by atoms with E-state index in [4.69, 9.17) is 4.74 Å². The zero-order valence-corrected chi connectivity index (χ0v) is 11.6. The van der Waals surface area contributed by atoms with Crippen LogP contribution in [-0.4, -0.2) is 37.1 Å². The fourth-order valence-corrected chi connectivity index (χ4v) is 3.96. The molecule has 1 saturated carbocycles. The lowest BCUT2D eigenvalue weighted by Gasteiger charge is -2.64. The lowest BCUT2D eigenvalue weighted by Crippen LogP contribution is -2.72. The number of hydrogen-bond donors (Lipinski definition) is 0. The highest BCUT2D eigenvalue weighted by molar-refractivity contribution is 5.69. The van der Waals surface area contributed by atoms with Gasteiger partial charge in [0.1, 0.15) is 6.10 Å². The van der Waals surface area contributed by atoms with Crippen LogP contribution in [0.15, 0.2) is 0 Å². The topological polar surface area (TPSA) is 29.5 Å². The highest BCUT2D eigenvalue weighted by Crippen LogP contribution is 2.57. The van der Waals surface area contributed by atoms with Crippen molar-refractivity contribution in [1.82, 2.24) is 4.90 Å². The molecule has 0 spiro atoms. The Labute approximate surface area is 99.1 Å². The van der Waals surface area contributed by atoms with E-state index in [2.05, 4.69) is 46.7 Å². The molecule has 1 fully saturated rings. The van der Waals surface area contributed by atoms with Crippen LogP contribution in [0.3, 0.4) is 0 Å². The average Bonchev–Trinajstić information content (AvgIpc) is 2.11. The van der Waals surface area contributed by atoms with Crippen LogP contribution in [0.25, 0.3) is 0 Å². The second-order valence-electron chi connectivity index (χ2n) is 6.23. The van der Waals surface area contributed by atoms with Gasteiger partial charge in [-0.2, -0.15) is 0 Å². The van der Waals surface area contributed by atoms with Gasteiger partial charge in [-0.15, -0.1) is 0 Å². The molecule has 1 rings (SSSR count). The van der Waals surface area contributed by atoms with E-state index in [1.165, 1.54) is 0 Å². The van der Waals surface area contributed by atoms with E-state index in [0.29, 0.717) is 12.5 Å². The Morgan fingerprint density at radius 3 is 1.94 bits per heavy atom. The molecule has 94 valence electrons. The number of carbonyl (C=O) groups excluding carboxylic acids is 1. The SMILES string of the molecule is CCC(=O)OC1C(C)(C)C(N(C)C)C1(C)C. The summed E-state index contributed by atoms with van der Waals surface area (Å²) in [7, 11) is 4.18. The molecule has 0 bridgehead atoms. The van der Waals surface area contributed by atoms with Crippen LogP contribution < -0.4 is 0 Å². The van der Waals surface area contributed by atoms with Gasteiger partial charge in [-0.25, -0.2) is 0 Å². The Hall–Kier alpha value is -0.570. The normalized spacial score (nSPS) is 31.0. The zero-order chi connectivity index (χ0) is 12.7. The number of nitrogens with zero attached hydrogens (tertiary/aromatic N) is 1. The minimum atomic E-state index is -0.0941. The molecule has 0 aromatic carbocycles. The Kier molecular flexibility index (Phi) is 3.39. The van der Waals surface area contributed by atoms with Crippen LogP contribution in [0.2, 0.25) is 0 Å². The first kappa shape index (κ1) is 13.5. The number of esters is 1. The van der Waals surface area contributed by atoms with Gasteiger partial charge >= 0.3 is 5.97 Å². The van der Waals surface area contributed by atoms with Crippen LogP contribution in [0.4, 0.5) is 0 Å². The monoisotopic (exact) mass is 227 g/mol. The van der Waals surface area contributed by atoms with Crippen molar-refractivity contribution >= 4 is 5.97 Å². The quantitative estimate of drug-likeness (QED) is 0.693. The maximum Gasteiger partial charge on any atom is 0.305 e. The number of rotatable bonds is 3. The molecule has 16 heavy (non-hydrogen) atoms. The van der Waals surface area contributed by atoms with E-state index in [0.717, 1.165) is 0 Å². The van der Waals surface area contributed by atoms with Gasteiger partial charge in [0.05, 0.1) is 0 Å². The Morgan fingerprint density at radius 2 is 1.62 bits per heavy atom. The lowest BCUT2D eigenvalue weighted by atomic mass is 9.49. The number of hydrogen-bond acceptors (Lipinski definition) is 3. The number of ether oxygens (including phenoxy) is 1. The number of carbonyl (C=O) groups is 1. The van der Waals surface area contributed by atoms with Crippen molar-refractivity contribution in [3.8, 4) is 0 Å². The summed E-state index contributed by atoms with van der Waals surface area (Å²) >= 11 is 0.